The second-order valence-electron chi connectivity index (χ2n) is 5.54. The molecule has 0 aliphatic carbocycles. The van der Waals surface area contributed by atoms with Gasteiger partial charge in [-0.25, -0.2) is 0 Å². The molecular formula is C13H18N4O5. The number of nitrogens with zero attached hydrogens (tertiary/aromatic N) is 1. The monoisotopic (exact) mass is 310 g/mol. The van der Waals surface area contributed by atoms with E-state index in [9.17, 15) is 24.0 Å². The second-order valence-corrected chi connectivity index (χ2v) is 5.54. The highest BCUT2D eigenvalue weighted by atomic mass is 16.2. The number of hydrogen-bond donors (Lipinski definition) is 3. The van der Waals surface area contributed by atoms with Crippen LogP contribution in [0.25, 0.3) is 0 Å². The number of carbonyl (C=O) groups is 5. The van der Waals surface area contributed by atoms with Gasteiger partial charge in [0.05, 0.1) is 12.5 Å². The van der Waals surface area contributed by atoms with Crippen molar-refractivity contribution in [3.05, 3.63) is 0 Å². The van der Waals surface area contributed by atoms with Crippen molar-refractivity contribution in [3.63, 3.8) is 0 Å². The van der Waals surface area contributed by atoms with Crippen LogP contribution in [0.2, 0.25) is 0 Å². The van der Waals surface area contributed by atoms with Crippen molar-refractivity contribution < 1.29 is 24.0 Å². The van der Waals surface area contributed by atoms with Gasteiger partial charge in [-0.1, -0.05) is 0 Å². The molecule has 2 aliphatic rings. The summed E-state index contributed by atoms with van der Waals surface area (Å²) in [6.45, 7) is 0.298. The standard InChI is InChI=1S/C13H18N4O5/c14-9(18)4-6(11(20)7-5-10(19)16-7)13(22)17-3-1-2-8(17)12(15)21/h6-8H,1-5H2,(H2,14,18)(H2,15,21)(H,16,19). The Morgan fingerprint density at radius 3 is 2.41 bits per heavy atom. The zero-order chi connectivity index (χ0) is 16.4. The first-order valence-electron chi connectivity index (χ1n) is 7.02. The molecule has 2 aliphatic heterocycles. The van der Waals surface area contributed by atoms with Crippen LogP contribution in [0.15, 0.2) is 0 Å². The highest BCUT2D eigenvalue weighted by molar-refractivity contribution is 6.10. The van der Waals surface area contributed by atoms with Crippen LogP contribution in [-0.4, -0.2) is 52.9 Å². The van der Waals surface area contributed by atoms with E-state index in [-0.39, 0.29) is 12.3 Å². The smallest absolute Gasteiger partial charge is 0.240 e. The number of ketones is 1. The number of amides is 4. The van der Waals surface area contributed by atoms with Crippen molar-refractivity contribution in [2.75, 3.05) is 6.54 Å². The van der Waals surface area contributed by atoms with Crippen molar-refractivity contribution in [3.8, 4) is 0 Å². The zero-order valence-corrected chi connectivity index (χ0v) is 11.9. The van der Waals surface area contributed by atoms with Crippen LogP contribution in [0.3, 0.4) is 0 Å². The summed E-state index contributed by atoms with van der Waals surface area (Å²) in [6, 6.07) is -1.55. The third kappa shape index (κ3) is 3.07. The summed E-state index contributed by atoms with van der Waals surface area (Å²) >= 11 is 0. The molecule has 0 saturated carbocycles. The second kappa shape index (κ2) is 6.12. The highest BCUT2D eigenvalue weighted by Gasteiger charge is 2.44. The Morgan fingerprint density at radius 2 is 1.91 bits per heavy atom. The van der Waals surface area contributed by atoms with E-state index in [0.29, 0.717) is 19.4 Å². The van der Waals surface area contributed by atoms with Gasteiger partial charge in [0.1, 0.15) is 12.0 Å². The quantitative estimate of drug-likeness (QED) is 0.363. The van der Waals surface area contributed by atoms with Crippen LogP contribution in [0.5, 0.6) is 0 Å². The van der Waals surface area contributed by atoms with Gasteiger partial charge in [0.2, 0.25) is 23.6 Å². The molecule has 9 heteroatoms. The lowest BCUT2D eigenvalue weighted by Crippen LogP contribution is -2.58. The fraction of sp³-hybridized carbons (Fsp3) is 0.615. The summed E-state index contributed by atoms with van der Waals surface area (Å²) in [5, 5.41) is 2.37. The van der Waals surface area contributed by atoms with Crippen LogP contribution in [0.4, 0.5) is 0 Å². The Bertz CT molecular complexity index is 539. The minimum Gasteiger partial charge on any atom is -0.370 e. The fourth-order valence-electron chi connectivity index (χ4n) is 2.81. The molecule has 0 bridgehead atoms. The Kier molecular flexibility index (Phi) is 4.43. The summed E-state index contributed by atoms with van der Waals surface area (Å²) < 4.78 is 0. The first-order valence-corrected chi connectivity index (χ1v) is 7.02. The molecule has 2 fully saturated rings. The summed E-state index contributed by atoms with van der Waals surface area (Å²) in [4.78, 5) is 59.5. The van der Waals surface area contributed by atoms with Gasteiger partial charge in [0.15, 0.2) is 5.78 Å². The van der Waals surface area contributed by atoms with Crippen molar-refractivity contribution >= 4 is 29.4 Å². The molecule has 0 radical (unpaired) electrons. The topological polar surface area (TPSA) is 153 Å². The SMILES string of the molecule is NC(=O)CC(C(=O)C1CC(=O)N1)C(=O)N1CCCC1C(N)=O. The van der Waals surface area contributed by atoms with Gasteiger partial charge < -0.3 is 21.7 Å². The van der Waals surface area contributed by atoms with Crippen LogP contribution in [0.1, 0.15) is 25.7 Å². The average molecular weight is 310 g/mol. The maximum absolute atomic E-state index is 12.5. The molecule has 9 nitrogen and oxygen atoms in total. The first kappa shape index (κ1) is 15.9. The lowest BCUT2D eigenvalue weighted by Gasteiger charge is -2.31. The molecule has 2 rings (SSSR count). The molecule has 0 aromatic heterocycles. The van der Waals surface area contributed by atoms with Crippen molar-refractivity contribution in [2.24, 2.45) is 17.4 Å². The molecule has 2 heterocycles. The van der Waals surface area contributed by atoms with E-state index in [0.717, 1.165) is 0 Å². The van der Waals surface area contributed by atoms with Crippen LogP contribution < -0.4 is 16.8 Å². The van der Waals surface area contributed by atoms with Gasteiger partial charge in [-0.15, -0.1) is 0 Å². The number of nitrogens with one attached hydrogen (secondary N) is 1. The lowest BCUT2D eigenvalue weighted by atomic mass is 9.88. The van der Waals surface area contributed by atoms with E-state index < -0.39 is 47.9 Å². The molecule has 3 atom stereocenters. The van der Waals surface area contributed by atoms with Gasteiger partial charge in [-0.3, -0.25) is 24.0 Å². The number of β-lactam (4-membered cyclic amide) rings is 1. The van der Waals surface area contributed by atoms with E-state index in [1.165, 1.54) is 4.90 Å². The molecule has 0 spiro atoms. The normalized spacial score (nSPS) is 25.1. The molecule has 0 aromatic carbocycles. The zero-order valence-electron chi connectivity index (χ0n) is 11.9. The van der Waals surface area contributed by atoms with E-state index in [1.807, 2.05) is 0 Å². The van der Waals surface area contributed by atoms with E-state index in [4.69, 9.17) is 11.5 Å². The number of nitrogens with two attached hydrogens (primary N) is 2. The maximum atomic E-state index is 12.5. The van der Waals surface area contributed by atoms with Gasteiger partial charge in [-0.05, 0) is 12.8 Å². The van der Waals surface area contributed by atoms with Crippen molar-refractivity contribution in [2.45, 2.75) is 37.8 Å². The van der Waals surface area contributed by atoms with E-state index in [1.54, 1.807) is 0 Å². The average Bonchev–Trinajstić information content (AvgIpc) is 2.89. The number of Topliss-reactive ketones (excluding diaryl/α,β-unsaturated/α-hetero) is 1. The minimum atomic E-state index is -1.29. The number of primary amides is 2. The summed E-state index contributed by atoms with van der Waals surface area (Å²) in [5.74, 6) is -4.21. The van der Waals surface area contributed by atoms with Crippen LogP contribution in [0, 0.1) is 5.92 Å². The van der Waals surface area contributed by atoms with Gasteiger partial charge in [0.25, 0.3) is 0 Å². The van der Waals surface area contributed by atoms with Gasteiger partial charge in [-0.2, -0.15) is 0 Å². The van der Waals surface area contributed by atoms with Crippen LogP contribution in [-0.2, 0) is 24.0 Å². The van der Waals surface area contributed by atoms with Gasteiger partial charge in [0, 0.05) is 13.0 Å². The number of rotatable bonds is 6. The largest absolute Gasteiger partial charge is 0.370 e. The molecule has 4 amide bonds. The van der Waals surface area contributed by atoms with E-state index in [2.05, 4.69) is 5.32 Å². The Hall–Kier alpha value is -2.45. The Labute approximate surface area is 126 Å². The first-order chi connectivity index (χ1) is 10.3. The molecular weight excluding hydrogens is 292 g/mol. The molecule has 2 saturated heterocycles. The molecule has 22 heavy (non-hydrogen) atoms. The van der Waals surface area contributed by atoms with Gasteiger partial charge >= 0.3 is 0 Å². The number of likely N-dealkylation sites (tertiary alicyclic amines) is 1. The minimum absolute atomic E-state index is 0.0133. The predicted octanol–water partition coefficient (Wildman–Crippen LogP) is -2.59. The lowest BCUT2D eigenvalue weighted by molar-refractivity contribution is -0.149. The molecule has 0 aromatic rings. The fourth-order valence-corrected chi connectivity index (χ4v) is 2.81. The molecule has 120 valence electrons. The highest BCUT2D eigenvalue weighted by Crippen LogP contribution is 2.23. The molecule has 5 N–H and O–H groups in total. The Morgan fingerprint density at radius 1 is 1.27 bits per heavy atom. The number of hydrogen-bond acceptors (Lipinski definition) is 5. The summed E-state index contributed by atoms with van der Waals surface area (Å²) in [5.41, 5.74) is 10.4. The maximum Gasteiger partial charge on any atom is 0.240 e. The van der Waals surface area contributed by atoms with Crippen molar-refractivity contribution in [1.29, 1.82) is 0 Å². The third-order valence-corrected chi connectivity index (χ3v) is 3.98. The Balaban J connectivity index is 2.15. The van der Waals surface area contributed by atoms with E-state index >= 15 is 0 Å². The molecule has 3 unspecified atom stereocenters. The number of carbonyl (C=O) groups excluding carboxylic acids is 5. The predicted molar refractivity (Wildman–Crippen MR) is 72.8 cm³/mol. The third-order valence-electron chi connectivity index (χ3n) is 3.98. The summed E-state index contributed by atoms with van der Waals surface area (Å²) in [7, 11) is 0. The van der Waals surface area contributed by atoms with Crippen LogP contribution >= 0.6 is 0 Å². The summed E-state index contributed by atoms with van der Waals surface area (Å²) in [6.07, 6.45) is 0.558. The van der Waals surface area contributed by atoms with Crippen molar-refractivity contribution in [1.82, 2.24) is 10.2 Å².